The third kappa shape index (κ3) is 5.60. The third-order valence-corrected chi connectivity index (χ3v) is 4.54. The molecule has 0 bridgehead atoms. The molecule has 28 heavy (non-hydrogen) atoms. The number of nitrogens with one attached hydrogen (secondary N) is 1. The van der Waals surface area contributed by atoms with E-state index in [0.717, 1.165) is 29.7 Å². The van der Waals surface area contributed by atoms with Gasteiger partial charge in [0.15, 0.2) is 5.96 Å². The Hall–Kier alpha value is -2.29. The number of amides is 1. The van der Waals surface area contributed by atoms with Crippen molar-refractivity contribution in [2.45, 2.75) is 18.9 Å². The van der Waals surface area contributed by atoms with Crippen molar-refractivity contribution < 1.29 is 9.53 Å². The Morgan fingerprint density at radius 2 is 2.04 bits per heavy atom. The zero-order valence-corrected chi connectivity index (χ0v) is 18.6. The first-order valence-corrected chi connectivity index (χ1v) is 9.13. The second kappa shape index (κ2) is 10.3. The lowest BCUT2D eigenvalue weighted by Gasteiger charge is -2.26. The number of hydrogen-bond donors (Lipinski definition) is 2. The number of halogens is 1. The number of rotatable bonds is 5. The van der Waals surface area contributed by atoms with Gasteiger partial charge >= 0.3 is 0 Å². The normalized spacial score (nSPS) is 15.6. The van der Waals surface area contributed by atoms with Gasteiger partial charge in [-0.15, -0.1) is 24.0 Å². The standard InChI is InChI=1S/C21H26N4O2.HI/c1-25(2)20(26)16-7-5-6-15(14-16)10-12-23-21(22)24-18-11-13-27-19-9-4-3-8-17(18)19;/h3-9,14,18H,10-13H2,1-2H3,(H3,22,23,24);1H. The fourth-order valence-corrected chi connectivity index (χ4v) is 3.14. The maximum atomic E-state index is 12.1. The Morgan fingerprint density at radius 3 is 2.82 bits per heavy atom. The summed E-state index contributed by atoms with van der Waals surface area (Å²) in [6.07, 6.45) is 1.57. The van der Waals surface area contributed by atoms with Gasteiger partial charge in [-0.25, -0.2) is 0 Å². The maximum Gasteiger partial charge on any atom is 0.253 e. The predicted octanol–water partition coefficient (Wildman–Crippen LogP) is 2.98. The maximum absolute atomic E-state index is 12.1. The molecule has 3 N–H and O–H groups in total. The molecule has 1 unspecified atom stereocenters. The van der Waals surface area contributed by atoms with E-state index in [1.165, 1.54) is 0 Å². The van der Waals surface area contributed by atoms with E-state index in [4.69, 9.17) is 10.5 Å². The van der Waals surface area contributed by atoms with E-state index in [2.05, 4.69) is 10.3 Å². The molecule has 2 aromatic rings. The minimum absolute atomic E-state index is 0. The van der Waals surface area contributed by atoms with E-state index < -0.39 is 0 Å². The van der Waals surface area contributed by atoms with Crippen molar-refractivity contribution in [3.05, 3.63) is 65.2 Å². The second-order valence-corrected chi connectivity index (χ2v) is 6.79. The van der Waals surface area contributed by atoms with Crippen LogP contribution in [0.2, 0.25) is 0 Å². The Labute approximate surface area is 183 Å². The van der Waals surface area contributed by atoms with Crippen molar-refractivity contribution in [1.29, 1.82) is 0 Å². The van der Waals surface area contributed by atoms with Crippen LogP contribution < -0.4 is 15.8 Å². The van der Waals surface area contributed by atoms with Crippen molar-refractivity contribution in [2.24, 2.45) is 10.7 Å². The summed E-state index contributed by atoms with van der Waals surface area (Å²) in [6.45, 7) is 1.22. The monoisotopic (exact) mass is 494 g/mol. The summed E-state index contributed by atoms with van der Waals surface area (Å²) < 4.78 is 5.67. The van der Waals surface area contributed by atoms with Crippen LogP contribution in [0, 0.1) is 0 Å². The van der Waals surface area contributed by atoms with E-state index in [1.54, 1.807) is 19.0 Å². The van der Waals surface area contributed by atoms with Gasteiger partial charge in [-0.1, -0.05) is 30.3 Å². The van der Waals surface area contributed by atoms with Crippen LogP contribution in [0.25, 0.3) is 0 Å². The molecule has 1 aliphatic rings. The number of carbonyl (C=O) groups excluding carboxylic acids is 1. The van der Waals surface area contributed by atoms with Crippen molar-refractivity contribution in [3.63, 3.8) is 0 Å². The number of benzene rings is 2. The number of fused-ring (bicyclic) bond motifs is 1. The molecule has 0 saturated heterocycles. The predicted molar refractivity (Wildman–Crippen MR) is 122 cm³/mol. The summed E-state index contributed by atoms with van der Waals surface area (Å²) >= 11 is 0. The molecule has 0 fully saturated rings. The minimum Gasteiger partial charge on any atom is -0.493 e. The topological polar surface area (TPSA) is 80.0 Å². The zero-order valence-electron chi connectivity index (χ0n) is 16.2. The molecule has 7 heteroatoms. The van der Waals surface area contributed by atoms with Gasteiger partial charge in [0.2, 0.25) is 0 Å². The Bertz CT molecular complexity index is 839. The summed E-state index contributed by atoms with van der Waals surface area (Å²) in [7, 11) is 3.50. The number of guanidine groups is 1. The van der Waals surface area contributed by atoms with Gasteiger partial charge < -0.3 is 20.7 Å². The quantitative estimate of drug-likeness (QED) is 0.381. The first-order chi connectivity index (χ1) is 13.0. The summed E-state index contributed by atoms with van der Waals surface area (Å²) in [5, 5.41) is 3.29. The molecule has 150 valence electrons. The second-order valence-electron chi connectivity index (χ2n) is 6.79. The van der Waals surface area contributed by atoms with Gasteiger partial charge in [0, 0.05) is 38.2 Å². The highest BCUT2D eigenvalue weighted by molar-refractivity contribution is 14.0. The van der Waals surface area contributed by atoms with Gasteiger partial charge in [-0.05, 0) is 30.2 Å². The molecular formula is C21H27IN4O2. The highest BCUT2D eigenvalue weighted by atomic mass is 127. The number of carbonyl (C=O) groups is 1. The summed E-state index contributed by atoms with van der Waals surface area (Å²) in [6, 6.07) is 15.7. The van der Waals surface area contributed by atoms with E-state index >= 15 is 0 Å². The van der Waals surface area contributed by atoms with Gasteiger partial charge in [-0.2, -0.15) is 0 Å². The number of nitrogens with two attached hydrogens (primary N) is 1. The largest absolute Gasteiger partial charge is 0.493 e. The molecule has 1 amide bonds. The average Bonchev–Trinajstić information content (AvgIpc) is 2.68. The van der Waals surface area contributed by atoms with E-state index in [0.29, 0.717) is 24.7 Å². The Kier molecular flexibility index (Phi) is 8.10. The van der Waals surface area contributed by atoms with E-state index in [9.17, 15) is 4.79 Å². The summed E-state index contributed by atoms with van der Waals surface area (Å²) in [5.41, 5.74) is 8.94. The molecule has 2 aromatic carbocycles. The van der Waals surface area contributed by atoms with Crippen molar-refractivity contribution in [3.8, 4) is 5.75 Å². The van der Waals surface area contributed by atoms with Crippen LogP contribution in [0.5, 0.6) is 5.75 Å². The fourth-order valence-electron chi connectivity index (χ4n) is 3.14. The average molecular weight is 494 g/mol. The molecule has 0 aromatic heterocycles. The lowest BCUT2D eigenvalue weighted by molar-refractivity contribution is 0.0827. The smallest absolute Gasteiger partial charge is 0.253 e. The van der Waals surface area contributed by atoms with Crippen LogP contribution in [0.4, 0.5) is 0 Å². The van der Waals surface area contributed by atoms with Gasteiger partial charge in [0.1, 0.15) is 5.75 Å². The number of ether oxygens (including phenoxy) is 1. The van der Waals surface area contributed by atoms with Crippen LogP contribution in [0.3, 0.4) is 0 Å². The summed E-state index contributed by atoms with van der Waals surface area (Å²) in [5.74, 6) is 1.33. The molecule has 6 nitrogen and oxygen atoms in total. The highest BCUT2D eigenvalue weighted by Crippen LogP contribution is 2.31. The number of aliphatic imine (C=N–C) groups is 1. The first kappa shape index (κ1) is 22.0. The number of hydrogen-bond acceptors (Lipinski definition) is 3. The third-order valence-electron chi connectivity index (χ3n) is 4.54. The number of nitrogens with zero attached hydrogens (tertiary/aromatic N) is 2. The Morgan fingerprint density at radius 1 is 1.25 bits per heavy atom. The molecule has 3 rings (SSSR count). The van der Waals surface area contributed by atoms with Crippen molar-refractivity contribution in [2.75, 3.05) is 27.2 Å². The number of para-hydroxylation sites is 1. The molecule has 0 spiro atoms. The lowest BCUT2D eigenvalue weighted by atomic mass is 10.0. The van der Waals surface area contributed by atoms with Crippen molar-refractivity contribution in [1.82, 2.24) is 10.2 Å². The van der Waals surface area contributed by atoms with E-state index in [-0.39, 0.29) is 35.9 Å². The zero-order chi connectivity index (χ0) is 19.2. The molecule has 1 aliphatic heterocycles. The van der Waals surface area contributed by atoms with Gasteiger partial charge in [0.05, 0.1) is 12.6 Å². The van der Waals surface area contributed by atoms with Crippen LogP contribution in [-0.2, 0) is 6.42 Å². The fraction of sp³-hybridized carbons (Fsp3) is 0.333. The van der Waals surface area contributed by atoms with Gasteiger partial charge in [-0.3, -0.25) is 9.79 Å². The van der Waals surface area contributed by atoms with Crippen LogP contribution >= 0.6 is 24.0 Å². The molecule has 0 radical (unpaired) electrons. The van der Waals surface area contributed by atoms with Gasteiger partial charge in [0.25, 0.3) is 5.91 Å². The summed E-state index contributed by atoms with van der Waals surface area (Å²) in [4.78, 5) is 18.1. The molecule has 0 aliphatic carbocycles. The Balaban J connectivity index is 0.00000280. The first-order valence-electron chi connectivity index (χ1n) is 9.13. The molecule has 1 atom stereocenters. The van der Waals surface area contributed by atoms with E-state index in [1.807, 2.05) is 48.5 Å². The van der Waals surface area contributed by atoms with Crippen LogP contribution in [0.1, 0.15) is 33.9 Å². The molecule has 0 saturated carbocycles. The van der Waals surface area contributed by atoms with Crippen molar-refractivity contribution >= 4 is 35.8 Å². The van der Waals surface area contributed by atoms with Crippen LogP contribution in [0.15, 0.2) is 53.5 Å². The van der Waals surface area contributed by atoms with Crippen LogP contribution in [-0.4, -0.2) is 44.0 Å². The lowest BCUT2D eigenvalue weighted by Crippen LogP contribution is -2.37. The minimum atomic E-state index is -0.000264. The highest BCUT2D eigenvalue weighted by Gasteiger charge is 2.21. The SMILES string of the molecule is CN(C)C(=O)c1cccc(CCN=C(N)NC2CCOc3ccccc32)c1.I. The molecule has 1 heterocycles. The molecular weight excluding hydrogens is 467 g/mol.